The highest BCUT2D eigenvalue weighted by atomic mass is 35.5. The summed E-state index contributed by atoms with van der Waals surface area (Å²) >= 11 is 7.28. The molecule has 0 unspecified atom stereocenters. The highest BCUT2D eigenvalue weighted by molar-refractivity contribution is 7.99. The van der Waals surface area contributed by atoms with Crippen LogP contribution in [0.2, 0.25) is 5.02 Å². The molecule has 0 aliphatic heterocycles. The normalized spacial score (nSPS) is 10.6. The Morgan fingerprint density at radius 3 is 2.50 bits per heavy atom. The van der Waals surface area contributed by atoms with Gasteiger partial charge in [-0.25, -0.2) is 0 Å². The van der Waals surface area contributed by atoms with Crippen LogP contribution in [0.15, 0.2) is 69.4 Å². The first-order chi connectivity index (χ1) is 12.7. The molecule has 4 aromatic rings. The minimum absolute atomic E-state index is 0.254. The number of nitriles is 1. The Morgan fingerprint density at radius 2 is 1.85 bits per heavy atom. The number of hydrogen-bond donors (Lipinski definition) is 0. The number of furan rings is 1. The van der Waals surface area contributed by atoms with Gasteiger partial charge in [0.2, 0.25) is 11.0 Å². The number of hydrogen-bond acceptors (Lipinski definition) is 7. The second kappa shape index (κ2) is 7.00. The minimum atomic E-state index is 0.254. The van der Waals surface area contributed by atoms with Crippen molar-refractivity contribution in [1.29, 1.82) is 5.26 Å². The van der Waals surface area contributed by atoms with Crippen LogP contribution in [-0.2, 0) is 0 Å². The molecule has 0 aliphatic carbocycles. The van der Waals surface area contributed by atoms with Gasteiger partial charge in [0.1, 0.15) is 11.1 Å². The fraction of sp³-hybridized carbons (Fsp3) is 0. The van der Waals surface area contributed by atoms with E-state index >= 15 is 0 Å². The van der Waals surface area contributed by atoms with Gasteiger partial charge in [-0.2, -0.15) is 5.26 Å². The molecule has 0 N–H and O–H groups in total. The second-order valence-electron chi connectivity index (χ2n) is 5.07. The number of nitrogens with zero attached hydrogens (tertiary/aromatic N) is 6. The average Bonchev–Trinajstić information content (AvgIpc) is 3.33. The molecule has 26 heavy (non-hydrogen) atoms. The quantitative estimate of drug-likeness (QED) is 0.528. The number of rotatable bonds is 4. The Labute approximate surface area is 157 Å². The van der Waals surface area contributed by atoms with E-state index in [-0.39, 0.29) is 5.69 Å². The third-order valence-corrected chi connectivity index (χ3v) is 4.54. The standard InChI is InChI=1S/C17H9ClN6OS/c18-11-3-6-13(7-4-11)24-16(14-2-1-9-25-14)22-23-17(24)26-15-8-5-12(10-19)20-21-15/h1-9H. The Hall–Kier alpha value is -3.15. The van der Waals surface area contributed by atoms with Gasteiger partial charge in [0, 0.05) is 10.7 Å². The summed E-state index contributed by atoms with van der Waals surface area (Å²) in [6, 6.07) is 16.2. The smallest absolute Gasteiger partial charge is 0.205 e. The van der Waals surface area contributed by atoms with Gasteiger partial charge in [0.15, 0.2) is 11.5 Å². The highest BCUT2D eigenvalue weighted by Crippen LogP contribution is 2.31. The molecule has 0 saturated carbocycles. The van der Waals surface area contributed by atoms with Gasteiger partial charge in [-0.1, -0.05) is 11.6 Å². The summed E-state index contributed by atoms with van der Waals surface area (Å²) in [5, 5.41) is 27.0. The van der Waals surface area contributed by atoms with Crippen LogP contribution in [0.1, 0.15) is 5.69 Å². The van der Waals surface area contributed by atoms with Crippen molar-refractivity contribution < 1.29 is 4.42 Å². The molecule has 3 aromatic heterocycles. The monoisotopic (exact) mass is 380 g/mol. The number of benzene rings is 1. The van der Waals surface area contributed by atoms with Gasteiger partial charge in [-0.15, -0.1) is 20.4 Å². The van der Waals surface area contributed by atoms with Crippen molar-refractivity contribution in [3.05, 3.63) is 65.5 Å². The molecule has 3 heterocycles. The van der Waals surface area contributed by atoms with Gasteiger partial charge in [-0.05, 0) is 60.3 Å². The van der Waals surface area contributed by atoms with Crippen molar-refractivity contribution in [2.45, 2.75) is 10.2 Å². The van der Waals surface area contributed by atoms with Gasteiger partial charge in [0.05, 0.1) is 6.26 Å². The van der Waals surface area contributed by atoms with Gasteiger partial charge in [0.25, 0.3) is 0 Å². The van der Waals surface area contributed by atoms with Crippen LogP contribution in [0.5, 0.6) is 0 Å². The molecule has 126 valence electrons. The Morgan fingerprint density at radius 1 is 1.00 bits per heavy atom. The predicted octanol–water partition coefficient (Wildman–Crippen LogP) is 3.99. The van der Waals surface area contributed by atoms with E-state index in [0.29, 0.717) is 26.8 Å². The van der Waals surface area contributed by atoms with Crippen molar-refractivity contribution >= 4 is 23.4 Å². The third kappa shape index (κ3) is 3.18. The zero-order valence-electron chi connectivity index (χ0n) is 13.1. The zero-order chi connectivity index (χ0) is 17.9. The van der Waals surface area contributed by atoms with E-state index < -0.39 is 0 Å². The molecule has 0 atom stereocenters. The van der Waals surface area contributed by atoms with Crippen molar-refractivity contribution in [3.63, 3.8) is 0 Å². The lowest BCUT2D eigenvalue weighted by atomic mass is 10.3. The molecule has 1 aromatic carbocycles. The highest BCUT2D eigenvalue weighted by Gasteiger charge is 2.19. The van der Waals surface area contributed by atoms with E-state index in [2.05, 4.69) is 20.4 Å². The van der Waals surface area contributed by atoms with E-state index in [9.17, 15) is 0 Å². The first-order valence-electron chi connectivity index (χ1n) is 7.41. The molecule has 4 rings (SSSR count). The van der Waals surface area contributed by atoms with Crippen LogP contribution in [0, 0.1) is 11.3 Å². The maximum absolute atomic E-state index is 8.84. The Balaban J connectivity index is 1.79. The van der Waals surface area contributed by atoms with E-state index in [4.69, 9.17) is 21.3 Å². The maximum atomic E-state index is 8.84. The molecular formula is C17H9ClN6OS. The molecule has 0 amide bonds. The van der Waals surface area contributed by atoms with Crippen LogP contribution in [0.3, 0.4) is 0 Å². The van der Waals surface area contributed by atoms with E-state index in [1.807, 2.05) is 28.8 Å². The molecule has 0 spiro atoms. The topological polar surface area (TPSA) is 93.4 Å². The maximum Gasteiger partial charge on any atom is 0.205 e. The predicted molar refractivity (Wildman–Crippen MR) is 94.9 cm³/mol. The summed E-state index contributed by atoms with van der Waals surface area (Å²) in [7, 11) is 0. The first kappa shape index (κ1) is 16.3. The second-order valence-corrected chi connectivity index (χ2v) is 6.49. The van der Waals surface area contributed by atoms with Crippen molar-refractivity contribution in [2.75, 3.05) is 0 Å². The molecule has 0 fully saturated rings. The summed E-state index contributed by atoms with van der Waals surface area (Å²) in [6.07, 6.45) is 1.58. The van der Waals surface area contributed by atoms with E-state index in [1.54, 1.807) is 36.6 Å². The van der Waals surface area contributed by atoms with Crippen LogP contribution in [0.4, 0.5) is 0 Å². The fourth-order valence-corrected chi connectivity index (χ4v) is 3.15. The van der Waals surface area contributed by atoms with E-state index in [1.165, 1.54) is 11.8 Å². The van der Waals surface area contributed by atoms with Crippen molar-refractivity contribution in [1.82, 2.24) is 25.0 Å². The Kier molecular flexibility index (Phi) is 4.39. The van der Waals surface area contributed by atoms with Gasteiger partial charge in [-0.3, -0.25) is 4.57 Å². The van der Waals surface area contributed by atoms with Crippen LogP contribution < -0.4 is 0 Å². The summed E-state index contributed by atoms with van der Waals surface area (Å²) in [5.74, 6) is 1.15. The fourth-order valence-electron chi connectivity index (χ4n) is 2.25. The SMILES string of the molecule is N#Cc1ccc(Sc2nnc(-c3ccco3)n2-c2ccc(Cl)cc2)nn1. The number of aromatic nitrogens is 5. The van der Waals surface area contributed by atoms with Crippen LogP contribution in [0.25, 0.3) is 17.3 Å². The molecule has 0 saturated heterocycles. The summed E-state index contributed by atoms with van der Waals surface area (Å²) in [6.45, 7) is 0. The summed E-state index contributed by atoms with van der Waals surface area (Å²) < 4.78 is 7.32. The lowest BCUT2D eigenvalue weighted by Gasteiger charge is -2.08. The third-order valence-electron chi connectivity index (χ3n) is 3.41. The number of halogens is 1. The molecule has 9 heteroatoms. The molecule has 0 aliphatic rings. The van der Waals surface area contributed by atoms with Gasteiger partial charge < -0.3 is 4.42 Å². The Bertz CT molecular complexity index is 1070. The van der Waals surface area contributed by atoms with Crippen LogP contribution >= 0.6 is 23.4 Å². The minimum Gasteiger partial charge on any atom is -0.461 e. The van der Waals surface area contributed by atoms with Crippen molar-refractivity contribution in [2.24, 2.45) is 0 Å². The zero-order valence-corrected chi connectivity index (χ0v) is 14.6. The summed E-state index contributed by atoms with van der Waals surface area (Å²) in [5.41, 5.74) is 1.08. The molecule has 0 bridgehead atoms. The van der Waals surface area contributed by atoms with E-state index in [0.717, 1.165) is 5.69 Å². The lowest BCUT2D eigenvalue weighted by Crippen LogP contribution is -1.99. The van der Waals surface area contributed by atoms with Gasteiger partial charge >= 0.3 is 0 Å². The summed E-state index contributed by atoms with van der Waals surface area (Å²) in [4.78, 5) is 0. The van der Waals surface area contributed by atoms with Crippen LogP contribution in [-0.4, -0.2) is 25.0 Å². The van der Waals surface area contributed by atoms with Crippen molar-refractivity contribution in [3.8, 4) is 23.3 Å². The first-order valence-corrected chi connectivity index (χ1v) is 8.61. The molecule has 0 radical (unpaired) electrons. The largest absolute Gasteiger partial charge is 0.461 e. The molecular weight excluding hydrogens is 372 g/mol. The average molecular weight is 381 g/mol. The lowest BCUT2D eigenvalue weighted by molar-refractivity contribution is 0.575. The molecule has 7 nitrogen and oxygen atoms in total.